The van der Waals surface area contributed by atoms with E-state index in [1.807, 2.05) is 30.3 Å². The Bertz CT molecular complexity index is 3390. The van der Waals surface area contributed by atoms with Crippen molar-refractivity contribution in [2.45, 2.75) is 218 Å². The number of piperidine rings is 4. The van der Waals surface area contributed by atoms with Gasteiger partial charge in [-0.05, 0) is 154 Å². The Kier molecular flexibility index (Phi) is 52.2. The van der Waals surface area contributed by atoms with Crippen molar-refractivity contribution in [3.8, 4) is 0 Å². The number of carboxylic acid groups (broad SMARTS) is 1. The summed E-state index contributed by atoms with van der Waals surface area (Å²) in [5, 5.41) is 15.6. The van der Waals surface area contributed by atoms with E-state index in [2.05, 4.69) is 41.7 Å². The molecule has 7 aliphatic rings. The van der Waals surface area contributed by atoms with Crippen LogP contribution < -0.4 is 22.1 Å². The quantitative estimate of drug-likeness (QED) is 0.0354. The molecular weight excluding hydrogens is 1560 g/mol. The molecule has 10 rings (SSSR count). The highest BCUT2D eigenvalue weighted by Gasteiger charge is 2.39. The number of nitrogens with one attached hydrogen (secondary N) is 2. The van der Waals surface area contributed by atoms with Crippen LogP contribution in [-0.2, 0) is 87.4 Å². The van der Waals surface area contributed by atoms with E-state index in [0.717, 1.165) is 57.2 Å². The molecule has 0 radical (unpaired) electrons. The van der Waals surface area contributed by atoms with Crippen LogP contribution in [0, 0.1) is 23.7 Å². The number of aliphatic carboxylic acids is 1. The molecule has 2 aromatic heterocycles. The minimum atomic E-state index is -0.790. The molecule has 0 spiro atoms. The second-order valence-corrected chi connectivity index (χ2v) is 28.5. The van der Waals surface area contributed by atoms with Gasteiger partial charge in [-0.1, -0.05) is 88.1 Å². The summed E-state index contributed by atoms with van der Waals surface area (Å²) in [5.74, 6) is -3.84. The van der Waals surface area contributed by atoms with Crippen molar-refractivity contribution >= 4 is 93.9 Å². The number of amides is 4. The number of ether oxygens (including phenoxy) is 12. The van der Waals surface area contributed by atoms with Crippen LogP contribution in [0.1, 0.15) is 205 Å². The standard InChI is InChI=1S/C16H27NO5.C15H25NO5.C14H25NO3.C9H16N2O3.C9H10N2O3.C8H7ClO2.C8H9NO2.C2H3ClO2/c1-20-15(18)12-8-9-17(16(19)21-2)13(10-12)11-22-14-6-4-3-5-7-14;1-20-15(19)16-8-7-11(14(17)18)9-12(16)10-21-13-5-3-2-4-6-13;1-17-14(16)11-7-8-15-12(9-11)10-18-13-5-3-2-4-6-13;2*1-2-14-9(13)6-3-4-11-7(5-6)8(10)12;9-8(10)11-6-7-4-2-1-3-5-7;1-2-11-8(10)7-3-5-9-6-4-7;1-5-2(3)4/h12-14H,3-11H2,1-2H3;11-13H,2-10H2,1H3,(H,17,18);11-13,15H,2-10H2,1H3;6-7,11H,2-5H2,1H3,(H2,10,12);3-5H,2H2,1H3,(H2,10,12);1-5H,6H2;3-6H,2H2,1H3;1H3. The summed E-state index contributed by atoms with van der Waals surface area (Å²) in [4.78, 5) is 144. The zero-order chi connectivity index (χ0) is 85.6. The number of hydrogen-bond donors (Lipinski definition) is 5. The van der Waals surface area contributed by atoms with Crippen LogP contribution in [-0.4, -0.2) is 239 Å². The Hall–Kier alpha value is -8.86. The summed E-state index contributed by atoms with van der Waals surface area (Å²) in [6.45, 7) is 10.6. The molecule has 650 valence electrons. The maximum Gasteiger partial charge on any atom is 0.409 e. The van der Waals surface area contributed by atoms with Crippen molar-refractivity contribution in [3.63, 3.8) is 0 Å². The van der Waals surface area contributed by atoms with Gasteiger partial charge in [-0.2, -0.15) is 0 Å². The molecule has 35 heteroatoms. The number of aromatic nitrogens is 2. The van der Waals surface area contributed by atoms with Crippen LogP contribution in [0.4, 0.5) is 19.2 Å². The van der Waals surface area contributed by atoms with E-state index < -0.39 is 52.7 Å². The van der Waals surface area contributed by atoms with Gasteiger partial charge in [0.1, 0.15) is 12.3 Å². The first-order chi connectivity index (χ1) is 55.8. The van der Waals surface area contributed by atoms with E-state index in [-0.39, 0.29) is 96.5 Å². The number of esters is 5. The number of benzene rings is 1. The lowest BCUT2D eigenvalue weighted by atomic mass is 9.91. The molecule has 8 unspecified atom stereocenters. The lowest BCUT2D eigenvalue weighted by Gasteiger charge is -2.38. The van der Waals surface area contributed by atoms with E-state index in [1.165, 1.54) is 125 Å². The number of halogens is 2. The third-order valence-electron chi connectivity index (χ3n) is 19.8. The fourth-order valence-corrected chi connectivity index (χ4v) is 13.7. The predicted octanol–water partition coefficient (Wildman–Crippen LogP) is 11.1. The van der Waals surface area contributed by atoms with Gasteiger partial charge in [0.2, 0.25) is 5.91 Å². The van der Waals surface area contributed by atoms with Crippen molar-refractivity contribution in [2.24, 2.45) is 35.1 Å². The maximum absolute atomic E-state index is 11.9. The second-order valence-electron chi connectivity index (χ2n) is 27.9. The number of methoxy groups -OCH3 is 5. The van der Waals surface area contributed by atoms with Gasteiger partial charge in [0.15, 0.2) is 0 Å². The molecule has 1 aromatic carbocycles. The molecule has 3 aliphatic carbocycles. The van der Waals surface area contributed by atoms with Gasteiger partial charge in [-0.15, -0.1) is 0 Å². The highest BCUT2D eigenvalue weighted by Crippen LogP contribution is 2.30. The summed E-state index contributed by atoms with van der Waals surface area (Å²) in [7, 11) is 6.83. The topological polar surface area (TPSA) is 444 Å². The van der Waals surface area contributed by atoms with Crippen molar-refractivity contribution in [2.75, 3.05) is 101 Å². The number of likely N-dealkylation sites (tertiary alicyclic amines) is 2. The number of nitrogens with zero attached hydrogens (tertiary/aromatic N) is 4. The Morgan fingerprint density at radius 3 is 1.35 bits per heavy atom. The van der Waals surface area contributed by atoms with E-state index in [0.29, 0.717) is 102 Å². The first-order valence-electron chi connectivity index (χ1n) is 39.7. The normalized spacial score (nSPS) is 21.1. The molecule has 4 saturated heterocycles. The van der Waals surface area contributed by atoms with Crippen molar-refractivity contribution < 1.29 is 119 Å². The van der Waals surface area contributed by atoms with Crippen LogP contribution >= 0.6 is 23.2 Å². The van der Waals surface area contributed by atoms with Gasteiger partial charge >= 0.3 is 58.9 Å². The zero-order valence-electron chi connectivity index (χ0n) is 68.3. The Morgan fingerprint density at radius 1 is 0.474 bits per heavy atom. The molecular formula is C81H122Cl2N8O25. The number of nitrogens with two attached hydrogens (primary N) is 2. The largest absolute Gasteiger partial charge is 0.481 e. The average Bonchev–Trinajstić information content (AvgIpc) is 0.835. The van der Waals surface area contributed by atoms with E-state index in [4.69, 9.17) is 70.4 Å². The monoisotopic (exact) mass is 1680 g/mol. The Labute approximate surface area is 690 Å². The van der Waals surface area contributed by atoms with Crippen molar-refractivity contribution in [1.29, 1.82) is 0 Å². The first kappa shape index (κ1) is 101. The smallest absolute Gasteiger partial charge is 0.409 e. The highest BCUT2D eigenvalue weighted by atomic mass is 35.5. The number of pyridine rings is 2. The van der Waals surface area contributed by atoms with Crippen molar-refractivity contribution in [3.05, 3.63) is 95.6 Å². The number of carbonyl (C=O) groups is 12. The lowest BCUT2D eigenvalue weighted by Crippen LogP contribution is -2.50. The number of rotatable bonds is 22. The molecule has 8 atom stereocenters. The summed E-state index contributed by atoms with van der Waals surface area (Å²) in [6, 6.07) is 15.0. The molecule has 116 heavy (non-hydrogen) atoms. The third-order valence-corrected chi connectivity index (χ3v) is 20.1. The molecule has 7 N–H and O–H groups in total. The predicted molar refractivity (Wildman–Crippen MR) is 426 cm³/mol. The van der Waals surface area contributed by atoms with Crippen LogP contribution in [0.15, 0.2) is 73.2 Å². The molecule has 3 saturated carbocycles. The molecule has 3 aromatic rings. The fraction of sp³-hybridized carbons (Fsp3) is 0.654. The van der Waals surface area contributed by atoms with E-state index >= 15 is 0 Å². The number of primary amides is 2. The Balaban J connectivity index is 0.000000351. The second kappa shape index (κ2) is 59.7. The average molecular weight is 1680 g/mol. The number of carboxylic acids is 1. The minimum absolute atomic E-state index is 0.0514. The van der Waals surface area contributed by atoms with Crippen LogP contribution in [0.25, 0.3) is 0 Å². The number of hydrogen-bond acceptors (Lipinski definition) is 28. The van der Waals surface area contributed by atoms with Gasteiger partial charge < -0.3 is 93.8 Å². The van der Waals surface area contributed by atoms with E-state index in [1.54, 1.807) is 55.1 Å². The third kappa shape index (κ3) is 41.3. The first-order valence-corrected chi connectivity index (χ1v) is 40.5. The van der Waals surface area contributed by atoms with Gasteiger partial charge in [0.25, 0.3) is 5.91 Å². The summed E-state index contributed by atoms with van der Waals surface area (Å²) in [5.41, 5.74) is 10.4. The Morgan fingerprint density at radius 2 is 0.914 bits per heavy atom. The van der Waals surface area contributed by atoms with E-state index in [9.17, 15) is 62.6 Å². The molecule has 4 aliphatic heterocycles. The van der Waals surface area contributed by atoms with Crippen LogP contribution in [0.3, 0.4) is 0 Å². The molecule has 6 heterocycles. The lowest BCUT2D eigenvalue weighted by molar-refractivity contribution is -0.150. The summed E-state index contributed by atoms with van der Waals surface area (Å²) in [6.07, 6.45) is 27.7. The molecule has 33 nitrogen and oxygen atoms in total. The molecule has 0 bridgehead atoms. The van der Waals surface area contributed by atoms with Gasteiger partial charge in [-0.25, -0.2) is 28.8 Å². The van der Waals surface area contributed by atoms with Crippen LogP contribution in [0.5, 0.6) is 0 Å². The molecule has 7 fully saturated rings. The molecule has 4 amide bonds. The van der Waals surface area contributed by atoms with Crippen LogP contribution in [0.2, 0.25) is 0 Å². The maximum atomic E-state index is 11.9. The van der Waals surface area contributed by atoms with Gasteiger partial charge in [0.05, 0.1) is 146 Å². The highest BCUT2D eigenvalue weighted by molar-refractivity contribution is 6.61. The fourth-order valence-electron chi connectivity index (χ4n) is 13.6. The zero-order valence-corrected chi connectivity index (χ0v) is 69.8. The van der Waals surface area contributed by atoms with Gasteiger partial charge in [0, 0.05) is 60.9 Å². The van der Waals surface area contributed by atoms with Gasteiger partial charge in [-0.3, -0.25) is 38.7 Å². The number of carbonyl (C=O) groups excluding carboxylic acids is 11. The minimum Gasteiger partial charge on any atom is -0.481 e. The summed E-state index contributed by atoms with van der Waals surface area (Å²) >= 11 is 9.57. The van der Waals surface area contributed by atoms with Crippen molar-refractivity contribution in [1.82, 2.24) is 30.4 Å². The SMILES string of the molecule is CCOC(=O)C1CCNC(C(N)=O)C1.CCOC(=O)c1ccnc(C(N)=O)c1.CCOC(=O)c1ccncc1.COC(=O)C1CCN(C(=O)OC)C(COC2CCCCC2)C1.COC(=O)C1CCNC(COC2CCCCC2)C1.COC(=O)Cl.COC(=O)N1CCC(C(=O)O)CC1COC1CCCCC1.O=C(Cl)OCc1ccccc1. The summed E-state index contributed by atoms with van der Waals surface area (Å²) < 4.78 is 60.0.